The Balaban J connectivity index is 1.78. The fourth-order valence-electron chi connectivity index (χ4n) is 2.90. The Bertz CT molecular complexity index is 432. The Morgan fingerprint density at radius 2 is 2.29 bits per heavy atom. The molecule has 2 fully saturated rings. The fraction of sp³-hybridized carbons (Fsp3) is 0.583. The molecule has 1 aliphatic carbocycles. The van der Waals surface area contributed by atoms with E-state index in [1.54, 1.807) is 6.07 Å². The summed E-state index contributed by atoms with van der Waals surface area (Å²) in [5.74, 6) is 1.26. The maximum absolute atomic E-state index is 11.2. The van der Waals surface area contributed by atoms with E-state index in [1.165, 1.54) is 26.4 Å². The average molecular weight is 233 g/mol. The molecule has 2 unspecified atom stereocenters. The van der Waals surface area contributed by atoms with E-state index in [4.69, 9.17) is 0 Å². The van der Waals surface area contributed by atoms with Gasteiger partial charge in [-0.25, -0.2) is 4.79 Å². The zero-order valence-corrected chi connectivity index (χ0v) is 9.80. The van der Waals surface area contributed by atoms with Gasteiger partial charge in [0, 0.05) is 12.6 Å². The third kappa shape index (κ3) is 1.75. The van der Waals surface area contributed by atoms with Crippen molar-refractivity contribution in [2.75, 3.05) is 18.6 Å². The van der Waals surface area contributed by atoms with Crippen LogP contribution in [0.3, 0.4) is 0 Å². The van der Waals surface area contributed by atoms with Gasteiger partial charge in [-0.2, -0.15) is 0 Å². The van der Waals surface area contributed by atoms with E-state index in [9.17, 15) is 4.79 Å². The van der Waals surface area contributed by atoms with E-state index in [0.717, 1.165) is 18.3 Å². The number of nitrogens with zero attached hydrogens (tertiary/aromatic N) is 3. The van der Waals surface area contributed by atoms with E-state index < -0.39 is 5.97 Å². The van der Waals surface area contributed by atoms with Gasteiger partial charge in [-0.1, -0.05) is 0 Å². The summed E-state index contributed by atoms with van der Waals surface area (Å²) in [4.78, 5) is 13.5. The molecule has 5 nitrogen and oxygen atoms in total. The number of carbonyl (C=O) groups is 1. The van der Waals surface area contributed by atoms with Gasteiger partial charge >= 0.3 is 5.97 Å². The second-order valence-corrected chi connectivity index (χ2v) is 4.75. The molecule has 0 aromatic carbocycles. The highest BCUT2D eigenvalue weighted by molar-refractivity contribution is 5.86. The van der Waals surface area contributed by atoms with Crippen LogP contribution in [0.1, 0.15) is 29.8 Å². The molecular formula is C12H15N3O2. The van der Waals surface area contributed by atoms with Crippen molar-refractivity contribution < 1.29 is 9.53 Å². The van der Waals surface area contributed by atoms with Gasteiger partial charge in [0.25, 0.3) is 0 Å². The van der Waals surface area contributed by atoms with Crippen LogP contribution in [0.5, 0.6) is 0 Å². The van der Waals surface area contributed by atoms with Crippen molar-refractivity contribution in [1.29, 1.82) is 0 Å². The maximum Gasteiger partial charge on any atom is 0.358 e. The van der Waals surface area contributed by atoms with Crippen molar-refractivity contribution >= 4 is 11.8 Å². The normalized spacial score (nSPS) is 26.3. The molecule has 2 heterocycles. The molecule has 1 aromatic rings. The van der Waals surface area contributed by atoms with E-state index in [-0.39, 0.29) is 5.69 Å². The van der Waals surface area contributed by atoms with Gasteiger partial charge in [0.15, 0.2) is 11.5 Å². The predicted molar refractivity (Wildman–Crippen MR) is 61.8 cm³/mol. The molecule has 1 saturated carbocycles. The number of rotatable bonds is 2. The van der Waals surface area contributed by atoms with Crippen molar-refractivity contribution in [3.63, 3.8) is 0 Å². The lowest BCUT2D eigenvalue weighted by molar-refractivity contribution is 0.0592. The highest BCUT2D eigenvalue weighted by atomic mass is 16.5. The van der Waals surface area contributed by atoms with Crippen molar-refractivity contribution in [3.05, 3.63) is 17.8 Å². The van der Waals surface area contributed by atoms with Gasteiger partial charge in [0.1, 0.15) is 0 Å². The summed E-state index contributed by atoms with van der Waals surface area (Å²) in [6, 6.07) is 4.17. The topological polar surface area (TPSA) is 55.3 Å². The smallest absolute Gasteiger partial charge is 0.358 e. The zero-order valence-electron chi connectivity index (χ0n) is 9.80. The first kappa shape index (κ1) is 10.5. The average Bonchev–Trinajstić information content (AvgIpc) is 3.00. The number of anilines is 1. The van der Waals surface area contributed by atoms with E-state index in [1.807, 2.05) is 6.07 Å². The molecule has 2 aliphatic rings. The molecule has 1 aromatic heterocycles. The van der Waals surface area contributed by atoms with E-state index in [2.05, 4.69) is 19.8 Å². The van der Waals surface area contributed by atoms with Crippen LogP contribution in [0.15, 0.2) is 12.1 Å². The summed E-state index contributed by atoms with van der Waals surface area (Å²) in [6.45, 7) is 1.08. The van der Waals surface area contributed by atoms with Crippen LogP contribution in [0.2, 0.25) is 0 Å². The molecule has 3 rings (SSSR count). The second-order valence-electron chi connectivity index (χ2n) is 4.75. The SMILES string of the molecule is COC(=O)c1ccc(N2CC3CCC2C3)nn1. The van der Waals surface area contributed by atoms with E-state index in [0.29, 0.717) is 6.04 Å². The van der Waals surface area contributed by atoms with E-state index >= 15 is 0 Å². The molecule has 5 heteroatoms. The third-order valence-corrected chi connectivity index (χ3v) is 3.75. The Hall–Kier alpha value is -1.65. The van der Waals surface area contributed by atoms with Crippen LogP contribution in [0, 0.1) is 5.92 Å². The number of piperidine rings is 1. The van der Waals surface area contributed by atoms with Crippen LogP contribution in [-0.2, 0) is 4.74 Å². The fourth-order valence-corrected chi connectivity index (χ4v) is 2.90. The first-order valence-electron chi connectivity index (χ1n) is 5.96. The highest BCUT2D eigenvalue weighted by Crippen LogP contribution is 2.39. The quantitative estimate of drug-likeness (QED) is 0.720. The largest absolute Gasteiger partial charge is 0.464 e. The Labute approximate surface area is 99.8 Å². The minimum atomic E-state index is -0.438. The molecule has 1 saturated heterocycles. The van der Waals surface area contributed by atoms with Crippen LogP contribution in [0.4, 0.5) is 5.82 Å². The van der Waals surface area contributed by atoms with Crippen LogP contribution in [-0.4, -0.2) is 35.9 Å². The molecule has 0 radical (unpaired) electrons. The Kier molecular flexibility index (Phi) is 2.46. The lowest BCUT2D eigenvalue weighted by atomic mass is 10.1. The van der Waals surface area contributed by atoms with Crippen molar-refractivity contribution in [2.45, 2.75) is 25.3 Å². The molecule has 0 N–H and O–H groups in total. The van der Waals surface area contributed by atoms with Crippen LogP contribution >= 0.6 is 0 Å². The minimum absolute atomic E-state index is 0.264. The van der Waals surface area contributed by atoms with Crippen molar-refractivity contribution in [3.8, 4) is 0 Å². The number of ether oxygens (including phenoxy) is 1. The van der Waals surface area contributed by atoms with Gasteiger partial charge in [0.2, 0.25) is 0 Å². The minimum Gasteiger partial charge on any atom is -0.464 e. The number of methoxy groups -OCH3 is 1. The third-order valence-electron chi connectivity index (χ3n) is 3.75. The zero-order chi connectivity index (χ0) is 11.8. The molecule has 90 valence electrons. The molecule has 2 atom stereocenters. The monoisotopic (exact) mass is 233 g/mol. The van der Waals surface area contributed by atoms with Gasteiger partial charge in [-0.05, 0) is 37.3 Å². The molecule has 2 bridgehead atoms. The number of carbonyl (C=O) groups excluding carboxylic acids is 1. The van der Waals surface area contributed by atoms with Crippen LogP contribution in [0.25, 0.3) is 0 Å². The van der Waals surface area contributed by atoms with Gasteiger partial charge in [-0.15, -0.1) is 10.2 Å². The maximum atomic E-state index is 11.2. The summed E-state index contributed by atoms with van der Waals surface area (Å²) in [7, 11) is 1.34. The molecule has 1 aliphatic heterocycles. The summed E-state index contributed by atoms with van der Waals surface area (Å²) >= 11 is 0. The summed E-state index contributed by atoms with van der Waals surface area (Å²) in [5, 5.41) is 8.03. The second kappa shape index (κ2) is 3.98. The lowest BCUT2D eigenvalue weighted by Gasteiger charge is -2.27. The standard InChI is InChI=1S/C12H15N3O2/c1-17-12(16)10-4-5-11(14-13-10)15-7-8-2-3-9(15)6-8/h4-5,8-9H,2-3,6-7H2,1H3. The molecule has 17 heavy (non-hydrogen) atoms. The Morgan fingerprint density at radius 3 is 2.82 bits per heavy atom. The van der Waals surface area contributed by atoms with Gasteiger partial charge in [-0.3, -0.25) is 0 Å². The van der Waals surface area contributed by atoms with Gasteiger partial charge < -0.3 is 9.64 Å². The number of fused-ring (bicyclic) bond motifs is 2. The van der Waals surface area contributed by atoms with Crippen molar-refractivity contribution in [1.82, 2.24) is 10.2 Å². The highest BCUT2D eigenvalue weighted by Gasteiger charge is 2.38. The van der Waals surface area contributed by atoms with Crippen LogP contribution < -0.4 is 4.90 Å². The number of hydrogen-bond acceptors (Lipinski definition) is 5. The number of hydrogen-bond donors (Lipinski definition) is 0. The molecule has 0 amide bonds. The first-order chi connectivity index (χ1) is 8.28. The molecule has 0 spiro atoms. The number of esters is 1. The lowest BCUT2D eigenvalue weighted by Crippen LogP contribution is -2.32. The Morgan fingerprint density at radius 1 is 1.41 bits per heavy atom. The number of aromatic nitrogens is 2. The molecular weight excluding hydrogens is 218 g/mol. The van der Waals surface area contributed by atoms with Gasteiger partial charge in [0.05, 0.1) is 7.11 Å². The van der Waals surface area contributed by atoms with Crippen molar-refractivity contribution in [2.24, 2.45) is 5.92 Å². The summed E-state index contributed by atoms with van der Waals surface area (Å²) in [6.07, 6.45) is 3.88. The summed E-state index contributed by atoms with van der Waals surface area (Å²) < 4.78 is 4.60. The predicted octanol–water partition coefficient (Wildman–Crippen LogP) is 1.25. The summed E-state index contributed by atoms with van der Waals surface area (Å²) in [5.41, 5.74) is 0.264. The first-order valence-corrected chi connectivity index (χ1v) is 5.96.